The van der Waals surface area contributed by atoms with Crippen LogP contribution in [0.25, 0.3) is 11.1 Å². The van der Waals surface area contributed by atoms with E-state index in [0.29, 0.717) is 12.1 Å². The molecule has 0 bridgehead atoms. The molecule has 0 aliphatic carbocycles. The van der Waals surface area contributed by atoms with Gasteiger partial charge in [-0.1, -0.05) is 6.92 Å². The Morgan fingerprint density at radius 3 is 2.48 bits per heavy atom. The van der Waals surface area contributed by atoms with Crippen LogP contribution < -0.4 is 10.1 Å². The van der Waals surface area contributed by atoms with E-state index in [9.17, 15) is 8.78 Å². The second-order valence-corrected chi connectivity index (χ2v) is 4.72. The molecule has 2 rings (SSSR count). The average Bonchev–Trinajstić information content (AvgIpc) is 2.47. The third-order valence-corrected chi connectivity index (χ3v) is 3.09. The zero-order chi connectivity index (χ0) is 15.2. The van der Waals surface area contributed by atoms with Gasteiger partial charge in [-0.25, -0.2) is 8.78 Å². The standard InChI is InChI=1S/C16H18F2N2O/c1-3-4-19-8-11-5-12(10-20-9-11)16-14(17)6-13(21-2)7-15(16)18/h5-7,9-10,19H,3-4,8H2,1-2H3. The van der Waals surface area contributed by atoms with Crippen molar-refractivity contribution in [2.45, 2.75) is 19.9 Å². The van der Waals surface area contributed by atoms with Crippen molar-refractivity contribution in [2.75, 3.05) is 13.7 Å². The zero-order valence-corrected chi connectivity index (χ0v) is 12.1. The molecule has 1 aromatic heterocycles. The maximum atomic E-state index is 14.1. The smallest absolute Gasteiger partial charge is 0.137 e. The number of pyridine rings is 1. The van der Waals surface area contributed by atoms with Crippen LogP contribution in [-0.4, -0.2) is 18.6 Å². The summed E-state index contributed by atoms with van der Waals surface area (Å²) in [6.45, 7) is 3.58. The molecule has 21 heavy (non-hydrogen) atoms. The van der Waals surface area contributed by atoms with Crippen molar-refractivity contribution in [3.05, 3.63) is 47.8 Å². The highest BCUT2D eigenvalue weighted by molar-refractivity contribution is 5.65. The van der Waals surface area contributed by atoms with E-state index in [-0.39, 0.29) is 11.3 Å². The van der Waals surface area contributed by atoms with Gasteiger partial charge in [-0.2, -0.15) is 0 Å². The van der Waals surface area contributed by atoms with Gasteiger partial charge in [0.15, 0.2) is 0 Å². The molecule has 0 saturated heterocycles. The Hall–Kier alpha value is -2.01. The van der Waals surface area contributed by atoms with Crippen LogP contribution in [0.2, 0.25) is 0 Å². The van der Waals surface area contributed by atoms with E-state index in [1.54, 1.807) is 12.3 Å². The van der Waals surface area contributed by atoms with E-state index in [1.807, 2.05) is 0 Å². The second kappa shape index (κ2) is 7.13. The first-order valence-corrected chi connectivity index (χ1v) is 6.83. The molecular weight excluding hydrogens is 274 g/mol. The molecule has 1 N–H and O–H groups in total. The molecule has 1 aromatic carbocycles. The van der Waals surface area contributed by atoms with Crippen molar-refractivity contribution >= 4 is 0 Å². The normalized spacial score (nSPS) is 10.7. The molecule has 0 atom stereocenters. The summed E-state index contributed by atoms with van der Waals surface area (Å²) in [5, 5.41) is 3.23. The van der Waals surface area contributed by atoms with Gasteiger partial charge in [0.1, 0.15) is 17.4 Å². The van der Waals surface area contributed by atoms with Crippen molar-refractivity contribution in [1.82, 2.24) is 10.3 Å². The van der Waals surface area contributed by atoms with Crippen LogP contribution in [0.3, 0.4) is 0 Å². The molecule has 5 heteroatoms. The van der Waals surface area contributed by atoms with Gasteiger partial charge in [-0.15, -0.1) is 0 Å². The number of aromatic nitrogens is 1. The molecule has 0 fully saturated rings. The first kappa shape index (κ1) is 15.4. The monoisotopic (exact) mass is 292 g/mol. The Bertz CT molecular complexity index is 594. The summed E-state index contributed by atoms with van der Waals surface area (Å²) in [4.78, 5) is 4.06. The lowest BCUT2D eigenvalue weighted by atomic mass is 10.0. The summed E-state index contributed by atoms with van der Waals surface area (Å²) in [5.41, 5.74) is 1.22. The molecule has 0 aliphatic rings. The summed E-state index contributed by atoms with van der Waals surface area (Å²) in [7, 11) is 1.37. The molecule has 0 spiro atoms. The number of benzene rings is 1. The number of ether oxygens (including phenoxy) is 1. The Labute approximate surface area is 123 Å². The fourth-order valence-corrected chi connectivity index (χ4v) is 2.07. The highest BCUT2D eigenvalue weighted by atomic mass is 19.1. The van der Waals surface area contributed by atoms with Gasteiger partial charge in [-0.05, 0) is 24.6 Å². The molecule has 0 amide bonds. The van der Waals surface area contributed by atoms with Gasteiger partial charge < -0.3 is 10.1 Å². The second-order valence-electron chi connectivity index (χ2n) is 4.72. The SMILES string of the molecule is CCCNCc1cncc(-c2c(F)cc(OC)cc2F)c1. The van der Waals surface area contributed by atoms with E-state index in [4.69, 9.17) is 4.74 Å². The maximum Gasteiger partial charge on any atom is 0.137 e. The number of rotatable bonds is 6. The predicted molar refractivity (Wildman–Crippen MR) is 78.1 cm³/mol. The van der Waals surface area contributed by atoms with Crippen molar-refractivity contribution < 1.29 is 13.5 Å². The lowest BCUT2D eigenvalue weighted by Gasteiger charge is -2.09. The number of hydrogen-bond donors (Lipinski definition) is 1. The number of halogens is 2. The van der Waals surface area contributed by atoms with Crippen molar-refractivity contribution in [1.29, 1.82) is 0 Å². The molecule has 0 aliphatic heterocycles. The van der Waals surface area contributed by atoms with Crippen LogP contribution in [0.5, 0.6) is 5.75 Å². The minimum atomic E-state index is -0.660. The average molecular weight is 292 g/mol. The fraction of sp³-hybridized carbons (Fsp3) is 0.312. The Morgan fingerprint density at radius 2 is 1.86 bits per heavy atom. The first-order valence-electron chi connectivity index (χ1n) is 6.83. The third kappa shape index (κ3) is 3.76. The summed E-state index contributed by atoms with van der Waals surface area (Å²) < 4.78 is 33.0. The third-order valence-electron chi connectivity index (χ3n) is 3.09. The summed E-state index contributed by atoms with van der Waals surface area (Å²) in [6.07, 6.45) is 4.16. The maximum absolute atomic E-state index is 14.1. The lowest BCUT2D eigenvalue weighted by Crippen LogP contribution is -2.13. The topological polar surface area (TPSA) is 34.2 Å². The van der Waals surface area contributed by atoms with Crippen LogP contribution >= 0.6 is 0 Å². The van der Waals surface area contributed by atoms with E-state index in [0.717, 1.165) is 18.5 Å². The number of nitrogens with zero attached hydrogens (tertiary/aromatic N) is 1. The van der Waals surface area contributed by atoms with Gasteiger partial charge in [0.2, 0.25) is 0 Å². The van der Waals surface area contributed by atoms with Crippen molar-refractivity contribution in [2.24, 2.45) is 0 Å². The first-order chi connectivity index (χ1) is 10.2. The largest absolute Gasteiger partial charge is 0.497 e. The van der Waals surface area contributed by atoms with Crippen molar-refractivity contribution in [3.63, 3.8) is 0 Å². The molecule has 2 aromatic rings. The number of nitrogens with one attached hydrogen (secondary N) is 1. The van der Waals surface area contributed by atoms with E-state index >= 15 is 0 Å². The van der Waals surface area contributed by atoms with Crippen LogP contribution in [0.15, 0.2) is 30.6 Å². The fourth-order valence-electron chi connectivity index (χ4n) is 2.07. The van der Waals surface area contributed by atoms with Crippen LogP contribution in [0.1, 0.15) is 18.9 Å². The molecule has 112 valence electrons. The van der Waals surface area contributed by atoms with Crippen LogP contribution in [0, 0.1) is 11.6 Å². The van der Waals surface area contributed by atoms with Gasteiger partial charge >= 0.3 is 0 Å². The molecular formula is C16H18F2N2O. The van der Waals surface area contributed by atoms with Gasteiger partial charge in [-0.3, -0.25) is 4.98 Å². The van der Waals surface area contributed by atoms with Crippen LogP contribution in [-0.2, 0) is 6.54 Å². The molecule has 0 saturated carbocycles. The minimum Gasteiger partial charge on any atom is -0.497 e. The van der Waals surface area contributed by atoms with Crippen molar-refractivity contribution in [3.8, 4) is 16.9 Å². The lowest BCUT2D eigenvalue weighted by molar-refractivity contribution is 0.407. The van der Waals surface area contributed by atoms with E-state index < -0.39 is 11.6 Å². The molecule has 0 unspecified atom stereocenters. The Morgan fingerprint density at radius 1 is 1.14 bits per heavy atom. The van der Waals surface area contributed by atoms with Gasteiger partial charge in [0, 0.05) is 36.6 Å². The highest BCUT2D eigenvalue weighted by Crippen LogP contribution is 2.29. The van der Waals surface area contributed by atoms with E-state index in [2.05, 4.69) is 17.2 Å². The molecule has 1 heterocycles. The summed E-state index contributed by atoms with van der Waals surface area (Å²) in [6, 6.07) is 4.07. The van der Waals surface area contributed by atoms with Gasteiger partial charge in [0.25, 0.3) is 0 Å². The molecule has 3 nitrogen and oxygen atoms in total. The molecule has 0 radical (unpaired) electrons. The summed E-state index contributed by atoms with van der Waals surface area (Å²) in [5.74, 6) is -1.16. The predicted octanol–water partition coefficient (Wildman–Crippen LogP) is 3.54. The Balaban J connectivity index is 2.32. The Kier molecular flexibility index (Phi) is 5.22. The van der Waals surface area contributed by atoms with Gasteiger partial charge in [0.05, 0.1) is 12.7 Å². The minimum absolute atomic E-state index is 0.0827. The number of methoxy groups -OCH3 is 1. The highest BCUT2D eigenvalue weighted by Gasteiger charge is 2.14. The quantitative estimate of drug-likeness (QED) is 0.827. The van der Waals surface area contributed by atoms with Crippen LogP contribution in [0.4, 0.5) is 8.78 Å². The summed E-state index contributed by atoms with van der Waals surface area (Å²) >= 11 is 0. The number of hydrogen-bond acceptors (Lipinski definition) is 3. The van der Waals surface area contributed by atoms with E-state index in [1.165, 1.54) is 25.4 Å². The zero-order valence-electron chi connectivity index (χ0n) is 12.1.